The molecule has 1 heterocycles. The maximum absolute atomic E-state index is 11.9. The quantitative estimate of drug-likeness (QED) is 0.825. The lowest BCUT2D eigenvalue weighted by atomic mass is 10.1. The minimum atomic E-state index is -0.712. The van der Waals surface area contributed by atoms with E-state index < -0.39 is 17.7 Å². The Kier molecular flexibility index (Phi) is 4.36. The molecule has 0 aliphatic carbocycles. The Balaban J connectivity index is 2.59. The van der Waals surface area contributed by atoms with Crippen LogP contribution in [0.1, 0.15) is 38.2 Å². The molecule has 0 unspecified atom stereocenters. The highest BCUT2D eigenvalue weighted by Gasteiger charge is 2.22. The molecule has 6 heteroatoms. The Hall–Kier alpha value is -1.98. The van der Waals surface area contributed by atoms with Gasteiger partial charge in [0.2, 0.25) is 5.78 Å². The van der Waals surface area contributed by atoms with E-state index in [4.69, 9.17) is 4.74 Å². The Morgan fingerprint density at radius 3 is 2.50 bits per heavy atom. The summed E-state index contributed by atoms with van der Waals surface area (Å²) in [5.74, 6) is -0.311. The first-order chi connectivity index (χ1) is 8.29. The molecule has 18 heavy (non-hydrogen) atoms. The van der Waals surface area contributed by atoms with Gasteiger partial charge in [-0.2, -0.15) is 0 Å². The third-order valence-corrected chi connectivity index (χ3v) is 1.94. The van der Waals surface area contributed by atoms with Gasteiger partial charge in [0.1, 0.15) is 11.3 Å². The predicted octanol–water partition coefficient (Wildman–Crippen LogP) is 1.57. The molecule has 0 saturated carbocycles. The summed E-state index contributed by atoms with van der Waals surface area (Å²) in [6, 6.07) is -0.712. The number of carbonyl (C=O) groups is 2. The molecule has 0 aromatic carbocycles. The smallest absolute Gasteiger partial charge is 0.408 e. The Labute approximate surface area is 106 Å². The summed E-state index contributed by atoms with van der Waals surface area (Å²) in [5, 5.41) is 2.46. The molecule has 0 fully saturated rings. The van der Waals surface area contributed by atoms with Gasteiger partial charge >= 0.3 is 6.09 Å². The lowest BCUT2D eigenvalue weighted by Gasteiger charge is -2.21. The number of ketones is 1. The van der Waals surface area contributed by atoms with E-state index in [1.165, 1.54) is 18.6 Å². The molecule has 0 aliphatic rings. The molecular weight excluding hydrogens is 234 g/mol. The normalized spacial score (nSPS) is 12.7. The molecule has 1 aromatic heterocycles. The van der Waals surface area contributed by atoms with Crippen molar-refractivity contribution in [1.29, 1.82) is 0 Å². The number of carbonyl (C=O) groups excluding carboxylic acids is 2. The molecule has 0 spiro atoms. The highest BCUT2D eigenvalue weighted by atomic mass is 16.6. The number of amides is 1. The van der Waals surface area contributed by atoms with Crippen molar-refractivity contribution in [1.82, 2.24) is 15.3 Å². The molecule has 1 aromatic rings. The van der Waals surface area contributed by atoms with Crippen LogP contribution in [-0.4, -0.2) is 33.5 Å². The number of hydrogen-bond acceptors (Lipinski definition) is 5. The Morgan fingerprint density at radius 2 is 2.00 bits per heavy atom. The van der Waals surface area contributed by atoms with Crippen LogP contribution in [0, 0.1) is 0 Å². The zero-order valence-electron chi connectivity index (χ0n) is 10.9. The maximum Gasteiger partial charge on any atom is 0.408 e. The van der Waals surface area contributed by atoms with E-state index in [9.17, 15) is 9.59 Å². The topological polar surface area (TPSA) is 81.2 Å². The number of hydrogen-bond donors (Lipinski definition) is 1. The molecule has 0 radical (unpaired) electrons. The summed E-state index contributed by atoms with van der Waals surface area (Å²) in [4.78, 5) is 31.0. The van der Waals surface area contributed by atoms with Crippen molar-refractivity contribution in [3.63, 3.8) is 0 Å². The van der Waals surface area contributed by atoms with Crippen LogP contribution >= 0.6 is 0 Å². The molecule has 0 aliphatic heterocycles. The average molecular weight is 251 g/mol. The summed E-state index contributed by atoms with van der Waals surface area (Å²) in [5.41, 5.74) is -0.389. The van der Waals surface area contributed by atoms with Crippen LogP contribution in [0.2, 0.25) is 0 Å². The molecule has 1 N–H and O–H groups in total. The second-order valence-electron chi connectivity index (χ2n) is 4.82. The fourth-order valence-corrected chi connectivity index (χ4v) is 1.20. The molecule has 98 valence electrons. The van der Waals surface area contributed by atoms with E-state index in [0.717, 1.165) is 0 Å². The molecule has 0 bridgehead atoms. The zero-order chi connectivity index (χ0) is 13.8. The van der Waals surface area contributed by atoms with Gasteiger partial charge in [-0.15, -0.1) is 0 Å². The van der Waals surface area contributed by atoms with Gasteiger partial charge < -0.3 is 10.1 Å². The van der Waals surface area contributed by atoms with Gasteiger partial charge in [0.15, 0.2) is 0 Å². The van der Waals surface area contributed by atoms with Crippen LogP contribution in [0.25, 0.3) is 0 Å². The van der Waals surface area contributed by atoms with Crippen molar-refractivity contribution in [2.24, 2.45) is 0 Å². The standard InChI is InChI=1S/C12H17N3O3/c1-8(15-11(17)18-12(2,3)4)10(16)9-7-13-5-6-14-9/h5-8H,1-4H3,(H,15,17)/t8-/m0/s1. The van der Waals surface area contributed by atoms with Crippen molar-refractivity contribution in [2.45, 2.75) is 39.3 Å². The summed E-state index contributed by atoms with van der Waals surface area (Å²) >= 11 is 0. The van der Waals surface area contributed by atoms with Gasteiger partial charge in [-0.05, 0) is 27.7 Å². The maximum atomic E-state index is 11.9. The number of aromatic nitrogens is 2. The third kappa shape index (κ3) is 4.48. The lowest BCUT2D eigenvalue weighted by Crippen LogP contribution is -2.41. The van der Waals surface area contributed by atoms with E-state index in [-0.39, 0.29) is 11.5 Å². The van der Waals surface area contributed by atoms with Gasteiger partial charge in [-0.3, -0.25) is 9.78 Å². The highest BCUT2D eigenvalue weighted by molar-refractivity contribution is 5.99. The second-order valence-corrected chi connectivity index (χ2v) is 4.82. The fraction of sp³-hybridized carbons (Fsp3) is 0.500. The molecule has 0 saturated heterocycles. The van der Waals surface area contributed by atoms with Crippen LogP contribution in [0.3, 0.4) is 0 Å². The van der Waals surface area contributed by atoms with Crippen LogP contribution in [0.15, 0.2) is 18.6 Å². The second kappa shape index (κ2) is 5.57. The molecule has 1 amide bonds. The van der Waals surface area contributed by atoms with Gasteiger partial charge in [0, 0.05) is 12.4 Å². The van der Waals surface area contributed by atoms with Crippen molar-refractivity contribution in [3.8, 4) is 0 Å². The zero-order valence-corrected chi connectivity index (χ0v) is 10.9. The van der Waals surface area contributed by atoms with Crippen LogP contribution in [0.5, 0.6) is 0 Å². The Morgan fingerprint density at radius 1 is 1.33 bits per heavy atom. The van der Waals surface area contributed by atoms with Crippen molar-refractivity contribution < 1.29 is 14.3 Å². The van der Waals surface area contributed by atoms with Crippen LogP contribution in [0.4, 0.5) is 4.79 Å². The van der Waals surface area contributed by atoms with Crippen molar-refractivity contribution in [3.05, 3.63) is 24.3 Å². The molecule has 1 atom stereocenters. The average Bonchev–Trinajstić information content (AvgIpc) is 2.26. The summed E-state index contributed by atoms with van der Waals surface area (Å²) in [7, 11) is 0. The van der Waals surface area contributed by atoms with Crippen LogP contribution in [-0.2, 0) is 4.74 Å². The summed E-state index contributed by atoms with van der Waals surface area (Å²) in [6.07, 6.45) is 3.62. The summed E-state index contributed by atoms with van der Waals surface area (Å²) in [6.45, 7) is 6.83. The predicted molar refractivity (Wildman–Crippen MR) is 65.2 cm³/mol. The van der Waals surface area contributed by atoms with E-state index in [1.807, 2.05) is 0 Å². The number of ether oxygens (including phenoxy) is 1. The first-order valence-corrected chi connectivity index (χ1v) is 5.59. The van der Waals surface area contributed by atoms with Crippen LogP contribution < -0.4 is 5.32 Å². The number of Topliss-reactive ketones (excluding diaryl/α,β-unsaturated/α-hetero) is 1. The van der Waals surface area contributed by atoms with Gasteiger partial charge in [-0.1, -0.05) is 0 Å². The van der Waals surface area contributed by atoms with Gasteiger partial charge in [-0.25, -0.2) is 9.78 Å². The van der Waals surface area contributed by atoms with Crippen molar-refractivity contribution >= 4 is 11.9 Å². The van der Waals surface area contributed by atoms with E-state index >= 15 is 0 Å². The number of rotatable bonds is 3. The highest BCUT2D eigenvalue weighted by Crippen LogP contribution is 2.07. The Bertz CT molecular complexity index is 426. The van der Waals surface area contributed by atoms with Gasteiger partial charge in [0.25, 0.3) is 0 Å². The third-order valence-electron chi connectivity index (χ3n) is 1.94. The van der Waals surface area contributed by atoms with Crippen molar-refractivity contribution in [2.75, 3.05) is 0 Å². The van der Waals surface area contributed by atoms with E-state index in [0.29, 0.717) is 0 Å². The lowest BCUT2D eigenvalue weighted by molar-refractivity contribution is 0.0496. The van der Waals surface area contributed by atoms with E-state index in [1.54, 1.807) is 27.7 Å². The molecular formula is C12H17N3O3. The van der Waals surface area contributed by atoms with E-state index in [2.05, 4.69) is 15.3 Å². The fourth-order valence-electron chi connectivity index (χ4n) is 1.20. The minimum absolute atomic E-state index is 0.209. The largest absolute Gasteiger partial charge is 0.444 e. The summed E-state index contributed by atoms with van der Waals surface area (Å²) < 4.78 is 5.06. The minimum Gasteiger partial charge on any atom is -0.444 e. The number of alkyl carbamates (subject to hydrolysis) is 1. The molecule has 1 rings (SSSR count). The number of nitrogens with one attached hydrogen (secondary N) is 1. The SMILES string of the molecule is C[C@H](NC(=O)OC(C)(C)C)C(=O)c1cnccn1. The molecule has 6 nitrogen and oxygen atoms in total. The first kappa shape index (κ1) is 14.1. The monoisotopic (exact) mass is 251 g/mol. The first-order valence-electron chi connectivity index (χ1n) is 5.59. The number of nitrogens with zero attached hydrogens (tertiary/aromatic N) is 2. The van der Waals surface area contributed by atoms with Gasteiger partial charge in [0.05, 0.1) is 12.2 Å².